The molecule has 0 amide bonds. The van der Waals surface area contributed by atoms with Crippen molar-refractivity contribution < 1.29 is 19.8 Å². The van der Waals surface area contributed by atoms with E-state index in [4.69, 9.17) is 21.4 Å². The molecular formula is C18H22ClNO4. The monoisotopic (exact) mass is 351 g/mol. The number of carboxylic acids is 1. The van der Waals surface area contributed by atoms with E-state index in [1.165, 1.54) is 12.8 Å². The first-order valence-corrected chi connectivity index (χ1v) is 8.65. The maximum absolute atomic E-state index is 10.8. The summed E-state index contributed by atoms with van der Waals surface area (Å²) in [7, 11) is 0. The fourth-order valence-electron chi connectivity index (χ4n) is 4.29. The molecule has 1 aromatic rings. The van der Waals surface area contributed by atoms with Gasteiger partial charge < -0.3 is 15.1 Å². The number of hydrogen-bond acceptors (Lipinski definition) is 4. The van der Waals surface area contributed by atoms with Gasteiger partial charge in [-0.2, -0.15) is 0 Å². The molecule has 2 aliphatic rings. The van der Waals surface area contributed by atoms with Crippen molar-refractivity contribution in [3.63, 3.8) is 0 Å². The van der Waals surface area contributed by atoms with E-state index >= 15 is 0 Å². The Bertz CT molecular complexity index is 709. The van der Waals surface area contributed by atoms with Crippen LogP contribution in [0.25, 0.3) is 0 Å². The van der Waals surface area contributed by atoms with Crippen molar-refractivity contribution in [2.24, 2.45) is 16.5 Å². The normalized spacial score (nSPS) is 25.2. The Labute approximate surface area is 146 Å². The molecule has 6 heteroatoms. The standard InChI is InChI=1S/C18H22ClNO4/c1-10-13(24-9-14(21)22)7-11-8-18(2,12-5-3-4-6-12)17(20-23)15(11)16(10)19/h7,12,23H,3-6,8-9H2,1-2H3,(H,21,22). The molecule has 0 aliphatic heterocycles. The molecule has 0 heterocycles. The van der Waals surface area contributed by atoms with Crippen LogP contribution in [0.3, 0.4) is 0 Å². The third kappa shape index (κ3) is 2.65. The molecule has 1 atom stereocenters. The Morgan fingerprint density at radius 3 is 2.71 bits per heavy atom. The quantitative estimate of drug-likeness (QED) is 0.633. The maximum atomic E-state index is 10.8. The number of carboxylic acid groups (broad SMARTS) is 1. The molecule has 5 nitrogen and oxygen atoms in total. The fraction of sp³-hybridized carbons (Fsp3) is 0.556. The van der Waals surface area contributed by atoms with Crippen molar-refractivity contribution in [2.75, 3.05) is 6.61 Å². The number of hydrogen-bond donors (Lipinski definition) is 2. The smallest absolute Gasteiger partial charge is 0.341 e. The number of ether oxygens (including phenoxy) is 1. The van der Waals surface area contributed by atoms with Crippen LogP contribution in [-0.2, 0) is 11.2 Å². The van der Waals surface area contributed by atoms with E-state index in [2.05, 4.69) is 12.1 Å². The van der Waals surface area contributed by atoms with E-state index in [0.29, 0.717) is 28.0 Å². The number of benzene rings is 1. The average molecular weight is 352 g/mol. The molecule has 1 aromatic carbocycles. The minimum Gasteiger partial charge on any atom is -0.482 e. The fourth-order valence-corrected chi connectivity index (χ4v) is 4.59. The van der Waals surface area contributed by atoms with Crippen LogP contribution < -0.4 is 4.74 Å². The van der Waals surface area contributed by atoms with Gasteiger partial charge in [0, 0.05) is 16.5 Å². The van der Waals surface area contributed by atoms with E-state index in [-0.39, 0.29) is 5.41 Å². The van der Waals surface area contributed by atoms with Gasteiger partial charge in [0.15, 0.2) is 6.61 Å². The van der Waals surface area contributed by atoms with Gasteiger partial charge in [0.1, 0.15) is 5.75 Å². The molecule has 1 fully saturated rings. The average Bonchev–Trinajstić information content (AvgIpc) is 3.15. The number of fused-ring (bicyclic) bond motifs is 1. The van der Waals surface area contributed by atoms with Crippen molar-refractivity contribution >= 4 is 23.3 Å². The second-order valence-electron chi connectivity index (χ2n) is 7.05. The Morgan fingerprint density at radius 2 is 2.12 bits per heavy atom. The summed E-state index contributed by atoms with van der Waals surface area (Å²) in [5.74, 6) is -0.0795. The molecule has 0 spiro atoms. The molecule has 3 rings (SSSR count). The molecule has 130 valence electrons. The lowest BCUT2D eigenvalue weighted by Crippen LogP contribution is -2.32. The summed E-state index contributed by atoms with van der Waals surface area (Å²) in [5, 5.41) is 22.6. The Hall–Kier alpha value is -1.75. The Morgan fingerprint density at radius 1 is 1.46 bits per heavy atom. The lowest BCUT2D eigenvalue weighted by molar-refractivity contribution is -0.139. The topological polar surface area (TPSA) is 79.1 Å². The lowest BCUT2D eigenvalue weighted by atomic mass is 9.72. The third-order valence-corrected chi connectivity index (χ3v) is 6.06. The molecule has 1 saturated carbocycles. The molecular weight excluding hydrogens is 330 g/mol. The highest BCUT2D eigenvalue weighted by molar-refractivity contribution is 6.36. The van der Waals surface area contributed by atoms with Crippen LogP contribution in [0.2, 0.25) is 5.02 Å². The molecule has 0 saturated heterocycles. The van der Waals surface area contributed by atoms with Gasteiger partial charge in [0.25, 0.3) is 0 Å². The van der Waals surface area contributed by atoms with Crippen molar-refractivity contribution in [3.8, 4) is 5.75 Å². The van der Waals surface area contributed by atoms with Crippen LogP contribution >= 0.6 is 11.6 Å². The lowest BCUT2D eigenvalue weighted by Gasteiger charge is -2.31. The van der Waals surface area contributed by atoms with Gasteiger partial charge in [0.2, 0.25) is 0 Å². The molecule has 0 radical (unpaired) electrons. The number of carbonyl (C=O) groups is 1. The highest BCUT2D eigenvalue weighted by Crippen LogP contribution is 2.51. The molecule has 1 unspecified atom stereocenters. The van der Waals surface area contributed by atoms with E-state index in [1.807, 2.05) is 6.07 Å². The highest BCUT2D eigenvalue weighted by atomic mass is 35.5. The van der Waals surface area contributed by atoms with Gasteiger partial charge in [-0.1, -0.05) is 36.5 Å². The second-order valence-corrected chi connectivity index (χ2v) is 7.43. The maximum Gasteiger partial charge on any atom is 0.341 e. The molecule has 24 heavy (non-hydrogen) atoms. The summed E-state index contributed by atoms with van der Waals surface area (Å²) in [6, 6.07) is 1.85. The van der Waals surface area contributed by atoms with E-state index in [0.717, 1.165) is 30.4 Å². The minimum absolute atomic E-state index is 0.241. The van der Waals surface area contributed by atoms with E-state index < -0.39 is 12.6 Å². The van der Waals surface area contributed by atoms with Gasteiger partial charge in [0.05, 0.1) is 10.7 Å². The van der Waals surface area contributed by atoms with Gasteiger partial charge in [-0.15, -0.1) is 0 Å². The zero-order valence-corrected chi connectivity index (χ0v) is 14.7. The van der Waals surface area contributed by atoms with Crippen molar-refractivity contribution in [1.82, 2.24) is 0 Å². The number of rotatable bonds is 4. The van der Waals surface area contributed by atoms with Crippen LogP contribution in [0, 0.1) is 18.3 Å². The van der Waals surface area contributed by atoms with Crippen LogP contribution in [-0.4, -0.2) is 28.6 Å². The SMILES string of the molecule is Cc1c(OCC(=O)O)cc2c(c1Cl)C(=NO)C(C)(C1CCCC1)C2. The Kier molecular flexibility index (Phi) is 4.47. The number of nitrogens with zero attached hydrogens (tertiary/aromatic N) is 1. The van der Waals surface area contributed by atoms with Crippen LogP contribution in [0.5, 0.6) is 5.75 Å². The summed E-state index contributed by atoms with van der Waals surface area (Å²) in [6.45, 7) is 3.53. The zero-order valence-electron chi connectivity index (χ0n) is 13.9. The minimum atomic E-state index is -1.03. The van der Waals surface area contributed by atoms with Crippen molar-refractivity contribution in [1.29, 1.82) is 0 Å². The van der Waals surface area contributed by atoms with Crippen LogP contribution in [0.1, 0.15) is 49.3 Å². The molecule has 0 bridgehead atoms. The summed E-state index contributed by atoms with van der Waals surface area (Å²) in [6.07, 6.45) is 5.39. The van der Waals surface area contributed by atoms with Gasteiger partial charge in [-0.3, -0.25) is 0 Å². The van der Waals surface area contributed by atoms with Crippen LogP contribution in [0.4, 0.5) is 0 Å². The number of oxime groups is 1. The van der Waals surface area contributed by atoms with Gasteiger partial charge in [-0.05, 0) is 43.7 Å². The predicted molar refractivity (Wildman–Crippen MR) is 91.4 cm³/mol. The van der Waals surface area contributed by atoms with E-state index in [9.17, 15) is 10.0 Å². The summed E-state index contributed by atoms with van der Waals surface area (Å²) < 4.78 is 5.38. The third-order valence-electron chi connectivity index (χ3n) is 5.59. The predicted octanol–water partition coefficient (Wildman–Crippen LogP) is 4.04. The van der Waals surface area contributed by atoms with Crippen molar-refractivity contribution in [3.05, 3.63) is 27.8 Å². The Balaban J connectivity index is 2.03. The first-order valence-electron chi connectivity index (χ1n) is 8.28. The van der Waals surface area contributed by atoms with Gasteiger partial charge in [-0.25, -0.2) is 4.79 Å². The van der Waals surface area contributed by atoms with Crippen molar-refractivity contribution in [2.45, 2.75) is 46.0 Å². The van der Waals surface area contributed by atoms with Gasteiger partial charge >= 0.3 is 5.97 Å². The molecule has 2 N–H and O–H groups in total. The zero-order chi connectivity index (χ0) is 17.5. The largest absolute Gasteiger partial charge is 0.482 e. The summed E-state index contributed by atoms with van der Waals surface area (Å²) in [5.41, 5.74) is 2.84. The second kappa shape index (κ2) is 6.28. The first-order chi connectivity index (χ1) is 11.4. The summed E-state index contributed by atoms with van der Waals surface area (Å²) in [4.78, 5) is 10.8. The summed E-state index contributed by atoms with van der Waals surface area (Å²) >= 11 is 6.55. The number of halogens is 1. The number of aliphatic carboxylic acids is 1. The van der Waals surface area contributed by atoms with E-state index in [1.54, 1.807) is 6.92 Å². The first kappa shape index (κ1) is 17.1. The molecule has 2 aliphatic carbocycles. The highest BCUT2D eigenvalue weighted by Gasteiger charge is 2.48. The molecule has 0 aromatic heterocycles. The van der Waals surface area contributed by atoms with Crippen LogP contribution in [0.15, 0.2) is 11.2 Å².